The molecule has 0 aliphatic heterocycles. The highest BCUT2D eigenvalue weighted by atomic mass is 19.1. The van der Waals surface area contributed by atoms with Gasteiger partial charge < -0.3 is 10.6 Å². The van der Waals surface area contributed by atoms with Gasteiger partial charge in [-0.25, -0.2) is 8.78 Å². The number of benzene rings is 2. The average Bonchev–Trinajstić information content (AvgIpc) is 2.46. The predicted octanol–water partition coefficient (Wildman–Crippen LogP) is 4.23. The van der Waals surface area contributed by atoms with E-state index in [0.29, 0.717) is 18.5 Å². The Hall–Kier alpha value is -2.43. The van der Waals surface area contributed by atoms with Crippen LogP contribution in [0.2, 0.25) is 0 Å². The second kappa shape index (κ2) is 7.02. The average molecular weight is 304 g/mol. The minimum absolute atomic E-state index is 0.0426. The number of amides is 1. The van der Waals surface area contributed by atoms with Crippen molar-refractivity contribution in [3.05, 3.63) is 59.2 Å². The molecule has 0 aliphatic carbocycles. The number of rotatable bonds is 5. The van der Waals surface area contributed by atoms with Gasteiger partial charge in [-0.15, -0.1) is 0 Å². The van der Waals surface area contributed by atoms with Gasteiger partial charge in [-0.05, 0) is 48.4 Å². The van der Waals surface area contributed by atoms with E-state index in [-0.39, 0.29) is 5.91 Å². The zero-order valence-corrected chi connectivity index (χ0v) is 12.5. The van der Waals surface area contributed by atoms with Gasteiger partial charge in [0.2, 0.25) is 5.91 Å². The minimum atomic E-state index is -0.592. The summed E-state index contributed by atoms with van der Waals surface area (Å²) in [5, 5.41) is 5.91. The normalized spacial score (nSPS) is 10.4. The number of anilines is 2. The first-order valence-electron chi connectivity index (χ1n) is 7.07. The SMILES string of the molecule is CCC(=O)Nc1ccc(NCc2cc(F)cc(F)c2)cc1C. The zero-order valence-electron chi connectivity index (χ0n) is 12.5. The second-order valence-electron chi connectivity index (χ2n) is 5.06. The maximum Gasteiger partial charge on any atom is 0.224 e. The first-order chi connectivity index (χ1) is 10.5. The van der Waals surface area contributed by atoms with Crippen molar-refractivity contribution in [2.75, 3.05) is 10.6 Å². The number of carbonyl (C=O) groups is 1. The second-order valence-corrected chi connectivity index (χ2v) is 5.06. The first-order valence-corrected chi connectivity index (χ1v) is 7.07. The fourth-order valence-electron chi connectivity index (χ4n) is 2.07. The van der Waals surface area contributed by atoms with E-state index < -0.39 is 11.6 Å². The van der Waals surface area contributed by atoms with Crippen LogP contribution in [0.25, 0.3) is 0 Å². The molecule has 0 radical (unpaired) electrons. The minimum Gasteiger partial charge on any atom is -0.381 e. The molecule has 0 bridgehead atoms. The molecule has 2 aromatic rings. The Labute approximate surface area is 128 Å². The molecule has 3 nitrogen and oxygen atoms in total. The van der Waals surface area contributed by atoms with E-state index in [2.05, 4.69) is 10.6 Å². The summed E-state index contributed by atoms with van der Waals surface area (Å²) in [5.41, 5.74) is 3.02. The molecule has 2 rings (SSSR count). The van der Waals surface area contributed by atoms with Crippen LogP contribution in [0, 0.1) is 18.6 Å². The molecule has 0 saturated carbocycles. The number of nitrogens with one attached hydrogen (secondary N) is 2. The van der Waals surface area contributed by atoms with E-state index in [0.717, 1.165) is 23.0 Å². The molecule has 1 amide bonds. The smallest absolute Gasteiger partial charge is 0.224 e. The van der Waals surface area contributed by atoms with E-state index in [1.54, 1.807) is 13.0 Å². The Morgan fingerprint density at radius 1 is 1.09 bits per heavy atom. The highest BCUT2D eigenvalue weighted by Crippen LogP contribution is 2.20. The van der Waals surface area contributed by atoms with Crippen LogP contribution in [0.5, 0.6) is 0 Å². The molecule has 0 aromatic heterocycles. The molecule has 0 spiro atoms. The summed E-state index contributed by atoms with van der Waals surface area (Å²) < 4.78 is 26.2. The van der Waals surface area contributed by atoms with Crippen molar-refractivity contribution in [1.29, 1.82) is 0 Å². The van der Waals surface area contributed by atoms with Crippen LogP contribution in [0.4, 0.5) is 20.2 Å². The summed E-state index contributed by atoms with van der Waals surface area (Å²) in [5.74, 6) is -1.23. The Morgan fingerprint density at radius 2 is 1.77 bits per heavy atom. The maximum atomic E-state index is 13.1. The Balaban J connectivity index is 2.04. The molecule has 0 atom stereocenters. The van der Waals surface area contributed by atoms with Crippen molar-refractivity contribution >= 4 is 17.3 Å². The Morgan fingerprint density at radius 3 is 2.36 bits per heavy atom. The summed E-state index contributed by atoms with van der Waals surface area (Å²) >= 11 is 0. The van der Waals surface area contributed by atoms with Crippen LogP contribution in [0.1, 0.15) is 24.5 Å². The topological polar surface area (TPSA) is 41.1 Å². The molecular weight excluding hydrogens is 286 g/mol. The van der Waals surface area contributed by atoms with E-state index >= 15 is 0 Å². The Bertz CT molecular complexity index is 666. The van der Waals surface area contributed by atoms with Gasteiger partial charge in [-0.1, -0.05) is 6.92 Å². The number of aryl methyl sites for hydroxylation is 1. The molecule has 0 unspecified atom stereocenters. The highest BCUT2D eigenvalue weighted by Gasteiger charge is 2.04. The molecular formula is C17H18F2N2O. The van der Waals surface area contributed by atoms with Crippen LogP contribution in [-0.2, 0) is 11.3 Å². The molecule has 0 fully saturated rings. The molecule has 5 heteroatoms. The lowest BCUT2D eigenvalue weighted by Crippen LogP contribution is -2.10. The zero-order chi connectivity index (χ0) is 16.1. The monoisotopic (exact) mass is 304 g/mol. The summed E-state index contributed by atoms with van der Waals surface area (Å²) in [6.45, 7) is 3.99. The Kier molecular flexibility index (Phi) is 5.09. The lowest BCUT2D eigenvalue weighted by atomic mass is 10.1. The van der Waals surface area contributed by atoms with Gasteiger partial charge >= 0.3 is 0 Å². The lowest BCUT2D eigenvalue weighted by molar-refractivity contribution is -0.115. The first kappa shape index (κ1) is 15.9. The molecule has 0 saturated heterocycles. The van der Waals surface area contributed by atoms with Crippen molar-refractivity contribution in [2.45, 2.75) is 26.8 Å². The van der Waals surface area contributed by atoms with Crippen molar-refractivity contribution in [1.82, 2.24) is 0 Å². The maximum absolute atomic E-state index is 13.1. The van der Waals surface area contributed by atoms with Gasteiger partial charge in [-0.3, -0.25) is 4.79 Å². The molecule has 0 heterocycles. The number of carbonyl (C=O) groups excluding carboxylic acids is 1. The van der Waals surface area contributed by atoms with E-state index in [1.165, 1.54) is 12.1 Å². The van der Waals surface area contributed by atoms with Crippen molar-refractivity contribution in [2.24, 2.45) is 0 Å². The van der Waals surface area contributed by atoms with Crippen LogP contribution in [-0.4, -0.2) is 5.91 Å². The lowest BCUT2D eigenvalue weighted by Gasteiger charge is -2.11. The van der Waals surface area contributed by atoms with E-state index in [4.69, 9.17) is 0 Å². The van der Waals surface area contributed by atoms with Crippen LogP contribution in [0.15, 0.2) is 36.4 Å². The van der Waals surface area contributed by atoms with E-state index in [9.17, 15) is 13.6 Å². The largest absolute Gasteiger partial charge is 0.381 e. The quantitative estimate of drug-likeness (QED) is 0.867. The summed E-state index contributed by atoms with van der Waals surface area (Å²) in [4.78, 5) is 11.4. The van der Waals surface area contributed by atoms with Crippen molar-refractivity contribution in [3.8, 4) is 0 Å². The van der Waals surface area contributed by atoms with Gasteiger partial charge in [0.15, 0.2) is 0 Å². The third-order valence-electron chi connectivity index (χ3n) is 3.24. The predicted molar refractivity (Wildman–Crippen MR) is 83.8 cm³/mol. The molecule has 116 valence electrons. The number of halogens is 2. The fraction of sp³-hybridized carbons (Fsp3) is 0.235. The van der Waals surface area contributed by atoms with Gasteiger partial charge in [0.1, 0.15) is 11.6 Å². The summed E-state index contributed by atoms with van der Waals surface area (Å²) in [6, 6.07) is 8.92. The molecule has 22 heavy (non-hydrogen) atoms. The summed E-state index contributed by atoms with van der Waals surface area (Å²) in [7, 11) is 0. The van der Waals surface area contributed by atoms with Gasteiger partial charge in [-0.2, -0.15) is 0 Å². The fourth-order valence-corrected chi connectivity index (χ4v) is 2.07. The molecule has 0 aliphatic rings. The third-order valence-corrected chi connectivity index (χ3v) is 3.24. The molecule has 2 aromatic carbocycles. The van der Waals surface area contributed by atoms with Gasteiger partial charge in [0.05, 0.1) is 0 Å². The van der Waals surface area contributed by atoms with Gasteiger partial charge in [0.25, 0.3) is 0 Å². The van der Waals surface area contributed by atoms with Gasteiger partial charge in [0, 0.05) is 30.4 Å². The third kappa shape index (κ3) is 4.28. The standard InChI is InChI=1S/C17H18F2N2O/c1-3-17(22)21-16-5-4-15(6-11(16)2)20-10-12-7-13(18)9-14(19)8-12/h4-9,20H,3,10H2,1-2H3,(H,21,22). The van der Waals surface area contributed by atoms with E-state index in [1.807, 2.05) is 19.1 Å². The number of hydrogen-bond acceptors (Lipinski definition) is 2. The van der Waals surface area contributed by atoms with Crippen molar-refractivity contribution < 1.29 is 13.6 Å². The van der Waals surface area contributed by atoms with Crippen LogP contribution in [0.3, 0.4) is 0 Å². The highest BCUT2D eigenvalue weighted by molar-refractivity contribution is 5.91. The van der Waals surface area contributed by atoms with Crippen LogP contribution >= 0.6 is 0 Å². The summed E-state index contributed by atoms with van der Waals surface area (Å²) in [6.07, 6.45) is 0.421. The number of hydrogen-bond donors (Lipinski definition) is 2. The van der Waals surface area contributed by atoms with Crippen molar-refractivity contribution in [3.63, 3.8) is 0 Å². The molecule has 2 N–H and O–H groups in total. The van der Waals surface area contributed by atoms with Crippen LogP contribution < -0.4 is 10.6 Å².